The number of benzene rings is 4. The van der Waals surface area contributed by atoms with E-state index >= 15 is 0 Å². The zero-order valence-electron chi connectivity index (χ0n) is 16.5. The van der Waals surface area contributed by atoms with E-state index in [4.69, 9.17) is 0 Å². The standard InChI is InChI=1S/C23H15F3O5S/c1-13-12-15-7-3-5-9-17(15)20(21(13)31-32(29,30)23(24,25)26)19-16-8-4-2-6-14(16)10-11-18(19)22(27)28/h2-12H,1H3,(H,27,28). The molecule has 9 heteroatoms. The average molecular weight is 460 g/mol. The Bertz CT molecular complexity index is 1490. The highest BCUT2D eigenvalue weighted by Crippen LogP contribution is 2.45. The molecule has 0 saturated heterocycles. The summed E-state index contributed by atoms with van der Waals surface area (Å²) in [4.78, 5) is 12.1. The van der Waals surface area contributed by atoms with Gasteiger partial charge in [0.05, 0.1) is 5.56 Å². The van der Waals surface area contributed by atoms with E-state index in [1.807, 2.05) is 0 Å². The Labute approximate surface area is 180 Å². The maximum Gasteiger partial charge on any atom is 0.534 e. The SMILES string of the molecule is Cc1cc2ccccc2c(-c2c(C(=O)O)ccc3ccccc23)c1OS(=O)(=O)C(F)(F)F. The lowest BCUT2D eigenvalue weighted by Crippen LogP contribution is -2.28. The molecule has 0 atom stereocenters. The number of carbonyl (C=O) groups is 1. The van der Waals surface area contributed by atoms with Gasteiger partial charge in [-0.1, -0.05) is 54.6 Å². The van der Waals surface area contributed by atoms with Gasteiger partial charge in [-0.05, 0) is 46.2 Å². The highest BCUT2D eigenvalue weighted by Gasteiger charge is 2.49. The van der Waals surface area contributed by atoms with Crippen molar-refractivity contribution in [3.8, 4) is 16.9 Å². The van der Waals surface area contributed by atoms with E-state index in [0.29, 0.717) is 21.5 Å². The van der Waals surface area contributed by atoms with Crippen LogP contribution in [0.2, 0.25) is 0 Å². The summed E-state index contributed by atoms with van der Waals surface area (Å²) in [6, 6.07) is 17.7. The maximum absolute atomic E-state index is 13.2. The number of aryl methyl sites for hydroxylation is 1. The second-order valence-electron chi connectivity index (χ2n) is 7.12. The summed E-state index contributed by atoms with van der Waals surface area (Å²) in [6.45, 7) is 1.41. The number of halogens is 3. The number of rotatable bonds is 4. The predicted octanol–water partition coefficient (Wildman–Crippen LogP) is 5.90. The molecule has 0 amide bonds. The zero-order chi connectivity index (χ0) is 23.3. The predicted molar refractivity (Wildman–Crippen MR) is 114 cm³/mol. The van der Waals surface area contributed by atoms with Gasteiger partial charge in [0.15, 0.2) is 5.75 Å². The Balaban J connectivity index is 2.21. The Hall–Kier alpha value is -3.59. The largest absolute Gasteiger partial charge is 0.534 e. The molecule has 4 aromatic carbocycles. The van der Waals surface area contributed by atoms with E-state index < -0.39 is 27.3 Å². The van der Waals surface area contributed by atoms with E-state index in [0.717, 1.165) is 0 Å². The number of carboxylic acids is 1. The number of alkyl halides is 3. The topological polar surface area (TPSA) is 80.7 Å². The highest BCUT2D eigenvalue weighted by atomic mass is 32.2. The molecular formula is C23H15F3O5S. The summed E-state index contributed by atoms with van der Waals surface area (Å²) in [6.07, 6.45) is 0. The van der Waals surface area contributed by atoms with Gasteiger partial charge < -0.3 is 9.29 Å². The third-order valence-corrected chi connectivity index (χ3v) is 6.03. The molecular weight excluding hydrogens is 445 g/mol. The molecule has 0 radical (unpaired) electrons. The normalized spacial score (nSPS) is 12.2. The second-order valence-corrected chi connectivity index (χ2v) is 8.65. The molecule has 0 fully saturated rings. The van der Waals surface area contributed by atoms with Crippen molar-refractivity contribution in [1.82, 2.24) is 0 Å². The molecule has 0 heterocycles. The second kappa shape index (κ2) is 7.52. The summed E-state index contributed by atoms with van der Waals surface area (Å²) in [5.41, 5.74) is -5.72. The minimum Gasteiger partial charge on any atom is -0.478 e. The van der Waals surface area contributed by atoms with Crippen molar-refractivity contribution in [2.45, 2.75) is 12.4 Å². The first kappa shape index (κ1) is 21.6. The van der Waals surface area contributed by atoms with Crippen LogP contribution < -0.4 is 4.18 Å². The molecule has 0 aliphatic heterocycles. The van der Waals surface area contributed by atoms with Crippen molar-refractivity contribution in [2.24, 2.45) is 0 Å². The molecule has 164 valence electrons. The molecule has 0 spiro atoms. The van der Waals surface area contributed by atoms with Gasteiger partial charge in [0, 0.05) is 11.1 Å². The molecule has 0 aromatic heterocycles. The first-order chi connectivity index (χ1) is 15.0. The molecule has 0 bridgehead atoms. The molecule has 4 aromatic rings. The van der Waals surface area contributed by atoms with Crippen molar-refractivity contribution < 1.29 is 35.7 Å². The van der Waals surface area contributed by atoms with Crippen molar-refractivity contribution in [2.75, 3.05) is 0 Å². The monoisotopic (exact) mass is 460 g/mol. The molecule has 0 aliphatic carbocycles. The number of aromatic carboxylic acids is 1. The Morgan fingerprint density at radius 1 is 0.875 bits per heavy atom. The van der Waals surface area contributed by atoms with Gasteiger partial charge in [-0.3, -0.25) is 0 Å². The van der Waals surface area contributed by atoms with Crippen LogP contribution in [0, 0.1) is 6.92 Å². The van der Waals surface area contributed by atoms with Crippen LogP contribution in [-0.2, 0) is 10.1 Å². The van der Waals surface area contributed by atoms with E-state index in [1.165, 1.54) is 19.1 Å². The molecule has 32 heavy (non-hydrogen) atoms. The van der Waals surface area contributed by atoms with Crippen LogP contribution in [0.4, 0.5) is 13.2 Å². The van der Waals surface area contributed by atoms with Crippen molar-refractivity contribution in [3.05, 3.63) is 77.9 Å². The van der Waals surface area contributed by atoms with Crippen molar-refractivity contribution >= 4 is 37.6 Å². The van der Waals surface area contributed by atoms with E-state index in [2.05, 4.69) is 4.18 Å². The van der Waals surface area contributed by atoms with E-state index in [1.54, 1.807) is 54.6 Å². The molecule has 5 nitrogen and oxygen atoms in total. The van der Waals surface area contributed by atoms with Crippen molar-refractivity contribution in [3.63, 3.8) is 0 Å². The van der Waals surface area contributed by atoms with Crippen LogP contribution in [0.1, 0.15) is 15.9 Å². The lowest BCUT2D eigenvalue weighted by atomic mass is 9.88. The lowest BCUT2D eigenvalue weighted by Gasteiger charge is -2.20. The first-order valence-electron chi connectivity index (χ1n) is 9.30. The average Bonchev–Trinajstić information content (AvgIpc) is 2.72. The third-order valence-electron chi connectivity index (χ3n) is 5.07. The van der Waals surface area contributed by atoms with Gasteiger partial charge in [-0.15, -0.1) is 0 Å². The molecule has 0 aliphatic rings. The Morgan fingerprint density at radius 3 is 2.03 bits per heavy atom. The summed E-state index contributed by atoms with van der Waals surface area (Å²) in [5, 5.41) is 11.8. The molecule has 1 N–H and O–H groups in total. The fourth-order valence-corrected chi connectivity index (χ4v) is 4.23. The van der Waals surface area contributed by atoms with Crippen LogP contribution >= 0.6 is 0 Å². The van der Waals surface area contributed by atoms with Crippen LogP contribution in [0.3, 0.4) is 0 Å². The van der Waals surface area contributed by atoms with Gasteiger partial charge in [0.1, 0.15) is 0 Å². The van der Waals surface area contributed by atoms with Gasteiger partial charge in [-0.2, -0.15) is 21.6 Å². The fourth-order valence-electron chi connectivity index (χ4n) is 3.70. The minimum absolute atomic E-state index is 0.0392. The number of fused-ring (bicyclic) bond motifs is 2. The molecule has 0 unspecified atom stereocenters. The molecule has 4 rings (SSSR count). The minimum atomic E-state index is -6.01. The summed E-state index contributed by atoms with van der Waals surface area (Å²) >= 11 is 0. The van der Waals surface area contributed by atoms with Crippen LogP contribution in [0.25, 0.3) is 32.7 Å². The van der Waals surface area contributed by atoms with Gasteiger partial charge in [0.2, 0.25) is 0 Å². The number of hydrogen-bond acceptors (Lipinski definition) is 4. The Kier molecular flexibility index (Phi) is 5.09. The van der Waals surface area contributed by atoms with Crippen LogP contribution in [0.5, 0.6) is 5.75 Å². The smallest absolute Gasteiger partial charge is 0.478 e. The molecule has 0 saturated carbocycles. The van der Waals surface area contributed by atoms with E-state index in [-0.39, 0.29) is 22.3 Å². The quantitative estimate of drug-likeness (QED) is 0.303. The lowest BCUT2D eigenvalue weighted by molar-refractivity contribution is -0.0500. The fraction of sp³-hybridized carbons (Fsp3) is 0.0870. The van der Waals surface area contributed by atoms with Gasteiger partial charge in [-0.25, -0.2) is 4.79 Å². The summed E-state index contributed by atoms with van der Waals surface area (Å²) < 4.78 is 67.9. The van der Waals surface area contributed by atoms with Crippen LogP contribution in [-0.4, -0.2) is 25.0 Å². The Morgan fingerprint density at radius 2 is 1.44 bits per heavy atom. The van der Waals surface area contributed by atoms with Crippen LogP contribution in [0.15, 0.2) is 66.7 Å². The summed E-state index contributed by atoms with van der Waals surface area (Å²) in [5.74, 6) is -1.89. The summed E-state index contributed by atoms with van der Waals surface area (Å²) in [7, 11) is -6.01. The first-order valence-corrected chi connectivity index (χ1v) is 10.7. The van der Waals surface area contributed by atoms with Gasteiger partial charge >= 0.3 is 21.6 Å². The van der Waals surface area contributed by atoms with Gasteiger partial charge in [0.25, 0.3) is 0 Å². The number of hydrogen-bond donors (Lipinski definition) is 1. The highest BCUT2D eigenvalue weighted by molar-refractivity contribution is 7.88. The number of carboxylic acid groups (broad SMARTS) is 1. The van der Waals surface area contributed by atoms with E-state index in [9.17, 15) is 31.5 Å². The zero-order valence-corrected chi connectivity index (χ0v) is 17.3. The third kappa shape index (κ3) is 3.54. The maximum atomic E-state index is 13.2. The van der Waals surface area contributed by atoms with Crippen molar-refractivity contribution in [1.29, 1.82) is 0 Å².